The first-order chi connectivity index (χ1) is 9.11. The Morgan fingerprint density at radius 3 is 2.21 bits per heavy atom. The van der Waals surface area contributed by atoms with Gasteiger partial charge in [-0.1, -0.05) is 45.0 Å². The van der Waals surface area contributed by atoms with Crippen LogP contribution in [0.1, 0.15) is 45.2 Å². The molecule has 2 nitrogen and oxygen atoms in total. The van der Waals surface area contributed by atoms with Crippen molar-refractivity contribution in [3.63, 3.8) is 0 Å². The van der Waals surface area contributed by atoms with Crippen LogP contribution in [0.15, 0.2) is 24.3 Å². The van der Waals surface area contributed by atoms with E-state index >= 15 is 0 Å². The second kappa shape index (κ2) is 9.11. The van der Waals surface area contributed by atoms with Crippen LogP contribution in [-0.4, -0.2) is 19.3 Å². The first kappa shape index (κ1) is 16.2. The van der Waals surface area contributed by atoms with Crippen molar-refractivity contribution in [2.45, 2.75) is 53.2 Å². The molecule has 19 heavy (non-hydrogen) atoms. The van der Waals surface area contributed by atoms with Crippen LogP contribution in [0.2, 0.25) is 0 Å². The fourth-order valence-corrected chi connectivity index (χ4v) is 1.67. The molecule has 0 radical (unpaired) electrons. The molecule has 2 heteroatoms. The van der Waals surface area contributed by atoms with Crippen LogP contribution >= 0.6 is 0 Å². The van der Waals surface area contributed by atoms with Crippen molar-refractivity contribution in [1.82, 2.24) is 0 Å². The molecule has 0 aromatic heterocycles. The molecule has 0 saturated heterocycles. The van der Waals surface area contributed by atoms with Gasteiger partial charge >= 0.3 is 0 Å². The zero-order valence-corrected chi connectivity index (χ0v) is 12.8. The maximum Gasteiger partial charge on any atom is 0.0720 e. The lowest BCUT2D eigenvalue weighted by Gasteiger charge is -2.11. The van der Waals surface area contributed by atoms with Crippen molar-refractivity contribution in [1.29, 1.82) is 0 Å². The highest BCUT2D eigenvalue weighted by Crippen LogP contribution is 2.09. The van der Waals surface area contributed by atoms with Crippen molar-refractivity contribution >= 4 is 0 Å². The smallest absolute Gasteiger partial charge is 0.0720 e. The first-order valence-electron chi connectivity index (χ1n) is 7.39. The third kappa shape index (κ3) is 7.34. The maximum atomic E-state index is 5.72. The number of benzene rings is 1. The molecule has 0 aliphatic rings. The van der Waals surface area contributed by atoms with Gasteiger partial charge in [0.15, 0.2) is 0 Å². The Labute approximate surface area is 118 Å². The van der Waals surface area contributed by atoms with Crippen molar-refractivity contribution in [2.75, 3.05) is 13.2 Å². The van der Waals surface area contributed by atoms with Crippen LogP contribution in [0, 0.1) is 5.92 Å². The van der Waals surface area contributed by atoms with Gasteiger partial charge < -0.3 is 9.47 Å². The monoisotopic (exact) mass is 264 g/mol. The van der Waals surface area contributed by atoms with Gasteiger partial charge in [0.2, 0.25) is 0 Å². The molecular weight excluding hydrogens is 236 g/mol. The number of rotatable bonds is 9. The summed E-state index contributed by atoms with van der Waals surface area (Å²) < 4.78 is 11.3. The molecule has 1 rings (SSSR count). The molecule has 1 atom stereocenters. The summed E-state index contributed by atoms with van der Waals surface area (Å²) in [6, 6.07) is 8.66. The Hall–Kier alpha value is -0.860. The normalized spacial score (nSPS) is 12.9. The standard InChI is InChI=1S/C17H28O2/c1-5-15(4)19-13-17-8-6-16(7-9-17)10-11-18-12-14(2)3/h6-9,14-15H,5,10-13H2,1-4H3. The molecule has 1 aromatic rings. The van der Waals surface area contributed by atoms with Crippen LogP contribution in [0.4, 0.5) is 0 Å². The minimum Gasteiger partial charge on any atom is -0.381 e. The van der Waals surface area contributed by atoms with E-state index in [1.54, 1.807) is 0 Å². The summed E-state index contributed by atoms with van der Waals surface area (Å²) in [4.78, 5) is 0. The van der Waals surface area contributed by atoms with Crippen LogP contribution in [0.3, 0.4) is 0 Å². The average Bonchev–Trinajstić information content (AvgIpc) is 2.42. The topological polar surface area (TPSA) is 18.5 Å². The minimum atomic E-state index is 0.337. The van der Waals surface area contributed by atoms with Crippen molar-refractivity contribution in [3.8, 4) is 0 Å². The van der Waals surface area contributed by atoms with Crippen LogP contribution in [0.5, 0.6) is 0 Å². The van der Waals surface area contributed by atoms with Crippen molar-refractivity contribution < 1.29 is 9.47 Å². The number of hydrogen-bond donors (Lipinski definition) is 0. The molecule has 1 unspecified atom stereocenters. The molecule has 108 valence electrons. The molecular formula is C17H28O2. The Kier molecular flexibility index (Phi) is 7.76. The summed E-state index contributed by atoms with van der Waals surface area (Å²) >= 11 is 0. The molecule has 0 saturated carbocycles. The zero-order valence-electron chi connectivity index (χ0n) is 12.8. The Morgan fingerprint density at radius 1 is 1.00 bits per heavy atom. The predicted octanol–water partition coefficient (Wildman–Crippen LogP) is 4.22. The highest BCUT2D eigenvalue weighted by Gasteiger charge is 2.00. The fourth-order valence-electron chi connectivity index (χ4n) is 1.67. The Bertz CT molecular complexity index is 330. The van der Waals surface area contributed by atoms with Crippen LogP contribution < -0.4 is 0 Å². The predicted molar refractivity (Wildman–Crippen MR) is 80.3 cm³/mol. The molecule has 0 bridgehead atoms. The van der Waals surface area contributed by atoms with Gasteiger partial charge in [-0.2, -0.15) is 0 Å². The highest BCUT2D eigenvalue weighted by molar-refractivity contribution is 5.22. The molecule has 0 N–H and O–H groups in total. The quantitative estimate of drug-likeness (QED) is 0.622. The summed E-state index contributed by atoms with van der Waals surface area (Å²) in [5.41, 5.74) is 2.57. The van der Waals surface area contributed by atoms with E-state index in [4.69, 9.17) is 9.47 Å². The van der Waals surface area contributed by atoms with Gasteiger partial charge in [0.1, 0.15) is 0 Å². The van der Waals surface area contributed by atoms with E-state index in [2.05, 4.69) is 52.0 Å². The lowest BCUT2D eigenvalue weighted by molar-refractivity contribution is 0.0508. The molecule has 0 aliphatic carbocycles. The first-order valence-corrected chi connectivity index (χ1v) is 7.39. The van der Waals surface area contributed by atoms with Gasteiger partial charge in [-0.05, 0) is 36.8 Å². The Morgan fingerprint density at radius 2 is 1.63 bits per heavy atom. The second-order valence-corrected chi connectivity index (χ2v) is 5.57. The number of ether oxygens (including phenoxy) is 2. The van der Waals surface area contributed by atoms with Gasteiger partial charge in [-0.25, -0.2) is 0 Å². The van der Waals surface area contributed by atoms with E-state index < -0.39 is 0 Å². The van der Waals surface area contributed by atoms with Crippen molar-refractivity contribution in [2.24, 2.45) is 5.92 Å². The van der Waals surface area contributed by atoms with E-state index in [0.717, 1.165) is 26.1 Å². The second-order valence-electron chi connectivity index (χ2n) is 5.57. The van der Waals surface area contributed by atoms with Gasteiger partial charge in [-0.15, -0.1) is 0 Å². The van der Waals surface area contributed by atoms with E-state index in [0.29, 0.717) is 18.6 Å². The molecule has 0 aliphatic heterocycles. The summed E-state index contributed by atoms with van der Waals surface area (Å²) in [5, 5.41) is 0. The fraction of sp³-hybridized carbons (Fsp3) is 0.647. The largest absolute Gasteiger partial charge is 0.381 e. The Balaban J connectivity index is 2.27. The summed E-state index contributed by atoms with van der Waals surface area (Å²) in [6.07, 6.45) is 2.38. The van der Waals surface area contributed by atoms with Crippen molar-refractivity contribution in [3.05, 3.63) is 35.4 Å². The molecule has 1 aromatic carbocycles. The lowest BCUT2D eigenvalue weighted by atomic mass is 10.1. The van der Waals surface area contributed by atoms with E-state index in [-0.39, 0.29) is 0 Å². The third-order valence-corrected chi connectivity index (χ3v) is 3.12. The lowest BCUT2D eigenvalue weighted by Crippen LogP contribution is -2.06. The zero-order chi connectivity index (χ0) is 14.1. The van der Waals surface area contributed by atoms with Gasteiger partial charge in [0.05, 0.1) is 19.3 Å². The molecule has 0 amide bonds. The molecule has 0 heterocycles. The van der Waals surface area contributed by atoms with Gasteiger partial charge in [0, 0.05) is 6.61 Å². The molecule has 0 fully saturated rings. The highest BCUT2D eigenvalue weighted by atomic mass is 16.5. The van der Waals surface area contributed by atoms with Gasteiger partial charge in [0.25, 0.3) is 0 Å². The summed E-state index contributed by atoms with van der Waals surface area (Å²) in [5.74, 6) is 0.611. The van der Waals surface area contributed by atoms with E-state index in [1.807, 2.05) is 0 Å². The van der Waals surface area contributed by atoms with Gasteiger partial charge in [-0.3, -0.25) is 0 Å². The SMILES string of the molecule is CCC(C)OCc1ccc(CCOCC(C)C)cc1. The molecule has 0 spiro atoms. The van der Waals surface area contributed by atoms with E-state index in [1.165, 1.54) is 11.1 Å². The minimum absolute atomic E-state index is 0.337. The van der Waals surface area contributed by atoms with Crippen LogP contribution in [0.25, 0.3) is 0 Å². The van der Waals surface area contributed by atoms with E-state index in [9.17, 15) is 0 Å². The number of hydrogen-bond acceptors (Lipinski definition) is 2. The van der Waals surface area contributed by atoms with Crippen LogP contribution in [-0.2, 0) is 22.5 Å². The summed E-state index contributed by atoms with van der Waals surface area (Å²) in [6.45, 7) is 11.0. The third-order valence-electron chi connectivity index (χ3n) is 3.12. The summed E-state index contributed by atoms with van der Waals surface area (Å²) in [7, 11) is 0. The average molecular weight is 264 g/mol. The maximum absolute atomic E-state index is 5.72.